The second kappa shape index (κ2) is 4.37. The molecule has 76 valence electrons. The Morgan fingerprint density at radius 3 is 2.57 bits per heavy atom. The van der Waals surface area contributed by atoms with Gasteiger partial charge in [0, 0.05) is 12.4 Å². The van der Waals surface area contributed by atoms with Gasteiger partial charge in [0.1, 0.15) is 6.10 Å². The van der Waals surface area contributed by atoms with Gasteiger partial charge in [-0.25, -0.2) is 9.97 Å². The largest absolute Gasteiger partial charge is 0.460 e. The number of aromatic nitrogens is 2. The number of ether oxygens (including phenoxy) is 1. The number of hydrogen-bond donors (Lipinski definition) is 1. The van der Waals surface area contributed by atoms with E-state index in [0.717, 1.165) is 0 Å². The number of hydrogen-bond acceptors (Lipinski definition) is 4. The molecule has 1 saturated carbocycles. The molecule has 1 aliphatic carbocycles. The Morgan fingerprint density at radius 1 is 1.29 bits per heavy atom. The molecule has 1 aromatic heterocycles. The lowest BCUT2D eigenvalue weighted by molar-refractivity contribution is 0.0618. The summed E-state index contributed by atoms with van der Waals surface area (Å²) < 4.78 is 13.0. The summed E-state index contributed by atoms with van der Waals surface area (Å²) in [7, 11) is 0. The Morgan fingerprint density at radius 2 is 1.93 bits per heavy atom. The third-order valence-corrected chi connectivity index (χ3v) is 2.32. The molecule has 1 heterocycles. The molecule has 0 saturated heterocycles. The van der Waals surface area contributed by atoms with Crippen molar-refractivity contribution in [2.75, 3.05) is 0 Å². The minimum Gasteiger partial charge on any atom is -0.460 e. The molecular formula is C10H14N2O2. The van der Waals surface area contributed by atoms with E-state index in [0.29, 0.717) is 31.7 Å². The molecule has 0 spiro atoms. The topological polar surface area (TPSA) is 55.2 Å². The second-order valence-corrected chi connectivity index (χ2v) is 3.41. The zero-order valence-electron chi connectivity index (χ0n) is 8.89. The van der Waals surface area contributed by atoms with Crippen LogP contribution in [0.2, 0.25) is 0 Å². The Hall–Kier alpha value is -1.16. The fourth-order valence-electron chi connectivity index (χ4n) is 1.54. The van der Waals surface area contributed by atoms with Crippen LogP contribution in [0.1, 0.15) is 27.1 Å². The molecule has 4 heteroatoms. The summed E-state index contributed by atoms with van der Waals surface area (Å²) >= 11 is 0. The molecular weight excluding hydrogens is 180 g/mol. The van der Waals surface area contributed by atoms with E-state index >= 15 is 0 Å². The van der Waals surface area contributed by atoms with E-state index in [1.54, 1.807) is 18.5 Å². The van der Waals surface area contributed by atoms with Crippen LogP contribution in [-0.4, -0.2) is 27.3 Å². The fraction of sp³-hybridized carbons (Fsp3) is 0.600. The quantitative estimate of drug-likeness (QED) is 0.769. The van der Waals surface area contributed by atoms with Gasteiger partial charge in [0.05, 0.1) is 7.45 Å². The standard InChI is InChI=1S/C10H14N2O2/c13-8-2-4-9(5-3-8)14-10-11-6-1-7-12-10/h1,6-9,13H,2-5H2/t8-,9-/i8D. The minimum absolute atomic E-state index is 0.0259. The van der Waals surface area contributed by atoms with E-state index in [4.69, 9.17) is 6.11 Å². The first-order valence-corrected chi connectivity index (χ1v) is 4.82. The summed E-state index contributed by atoms with van der Waals surface area (Å²) in [4.78, 5) is 7.93. The molecule has 1 fully saturated rings. The Balaban J connectivity index is 1.88. The van der Waals surface area contributed by atoms with Crippen LogP contribution < -0.4 is 4.74 Å². The van der Waals surface area contributed by atoms with Crippen molar-refractivity contribution in [1.29, 1.82) is 0 Å². The van der Waals surface area contributed by atoms with Crippen molar-refractivity contribution in [3.8, 4) is 6.01 Å². The molecule has 2 rings (SSSR count). The monoisotopic (exact) mass is 195 g/mol. The molecule has 1 N–H and O–H groups in total. The van der Waals surface area contributed by atoms with E-state index < -0.39 is 6.08 Å². The van der Waals surface area contributed by atoms with E-state index in [2.05, 4.69) is 9.97 Å². The van der Waals surface area contributed by atoms with E-state index in [1.165, 1.54) is 0 Å². The highest BCUT2D eigenvalue weighted by molar-refractivity contribution is 4.94. The van der Waals surface area contributed by atoms with Crippen LogP contribution in [0.5, 0.6) is 6.01 Å². The molecule has 0 unspecified atom stereocenters. The van der Waals surface area contributed by atoms with Crippen LogP contribution in [0, 0.1) is 0 Å². The number of rotatable bonds is 2. The summed E-state index contributed by atoms with van der Waals surface area (Å²) in [5.74, 6) is 0. The fourth-order valence-corrected chi connectivity index (χ4v) is 1.54. The molecule has 0 bridgehead atoms. The summed E-state index contributed by atoms with van der Waals surface area (Å²) in [5.41, 5.74) is 0. The Bertz CT molecular complexity index is 308. The zero-order chi connectivity index (χ0) is 10.7. The molecule has 14 heavy (non-hydrogen) atoms. The van der Waals surface area contributed by atoms with Gasteiger partial charge >= 0.3 is 6.01 Å². The third kappa shape index (κ3) is 2.42. The number of nitrogens with zero attached hydrogens (tertiary/aromatic N) is 2. The van der Waals surface area contributed by atoms with Crippen LogP contribution in [0.4, 0.5) is 0 Å². The van der Waals surface area contributed by atoms with Gasteiger partial charge in [-0.3, -0.25) is 0 Å². The van der Waals surface area contributed by atoms with Gasteiger partial charge in [0.25, 0.3) is 0 Å². The number of aliphatic hydroxyl groups is 1. The van der Waals surface area contributed by atoms with Crippen molar-refractivity contribution in [2.45, 2.75) is 37.9 Å². The molecule has 1 aliphatic rings. The third-order valence-electron chi connectivity index (χ3n) is 2.32. The first kappa shape index (κ1) is 8.17. The molecule has 0 aromatic carbocycles. The summed E-state index contributed by atoms with van der Waals surface area (Å²) in [5, 5.41) is 9.44. The van der Waals surface area contributed by atoms with Crippen molar-refractivity contribution in [1.82, 2.24) is 9.97 Å². The van der Waals surface area contributed by atoms with Crippen LogP contribution in [0.3, 0.4) is 0 Å². The van der Waals surface area contributed by atoms with Crippen LogP contribution >= 0.6 is 0 Å². The lowest BCUT2D eigenvalue weighted by Gasteiger charge is -2.24. The van der Waals surface area contributed by atoms with Gasteiger partial charge in [-0.15, -0.1) is 0 Å². The van der Waals surface area contributed by atoms with Crippen molar-refractivity contribution in [3.05, 3.63) is 18.5 Å². The van der Waals surface area contributed by atoms with E-state index in [9.17, 15) is 5.11 Å². The van der Waals surface area contributed by atoms with Crippen molar-refractivity contribution in [2.24, 2.45) is 0 Å². The maximum atomic E-state index is 9.44. The lowest BCUT2D eigenvalue weighted by Crippen LogP contribution is -2.27. The van der Waals surface area contributed by atoms with Gasteiger partial charge in [0.15, 0.2) is 0 Å². The van der Waals surface area contributed by atoms with Crippen molar-refractivity contribution < 1.29 is 11.2 Å². The molecule has 0 radical (unpaired) electrons. The van der Waals surface area contributed by atoms with Gasteiger partial charge in [-0.05, 0) is 31.7 Å². The first-order chi connectivity index (χ1) is 7.16. The molecule has 1 aromatic rings. The predicted octanol–water partition coefficient (Wildman–Crippen LogP) is 1.16. The molecule has 4 nitrogen and oxygen atoms in total. The van der Waals surface area contributed by atoms with E-state index in [1.807, 2.05) is 0 Å². The highest BCUT2D eigenvalue weighted by Gasteiger charge is 2.21. The molecule has 0 amide bonds. The van der Waals surface area contributed by atoms with Crippen molar-refractivity contribution >= 4 is 0 Å². The first-order valence-electron chi connectivity index (χ1n) is 5.32. The average Bonchev–Trinajstić information content (AvgIpc) is 2.23. The van der Waals surface area contributed by atoms with Crippen LogP contribution in [-0.2, 0) is 0 Å². The maximum absolute atomic E-state index is 9.44. The van der Waals surface area contributed by atoms with Crippen molar-refractivity contribution in [3.63, 3.8) is 0 Å². The highest BCUT2D eigenvalue weighted by Crippen LogP contribution is 2.21. The average molecular weight is 195 g/mol. The van der Waals surface area contributed by atoms with Crippen LogP contribution in [0.15, 0.2) is 18.5 Å². The molecule has 0 aliphatic heterocycles. The maximum Gasteiger partial charge on any atom is 0.316 e. The Kier molecular flexibility index (Phi) is 2.55. The normalized spacial score (nSPS) is 33.5. The summed E-state index contributed by atoms with van der Waals surface area (Å²) in [6.07, 6.45) is 4.28. The lowest BCUT2D eigenvalue weighted by atomic mass is 9.95. The molecule has 0 atom stereocenters. The van der Waals surface area contributed by atoms with E-state index in [-0.39, 0.29) is 6.10 Å². The van der Waals surface area contributed by atoms with Gasteiger partial charge in [0.2, 0.25) is 0 Å². The van der Waals surface area contributed by atoms with Crippen LogP contribution in [0.25, 0.3) is 0 Å². The summed E-state index contributed by atoms with van der Waals surface area (Å²) in [6.45, 7) is 0. The van der Waals surface area contributed by atoms with Gasteiger partial charge in [-0.2, -0.15) is 0 Å². The predicted molar refractivity (Wildman–Crippen MR) is 50.9 cm³/mol. The van der Waals surface area contributed by atoms with Gasteiger partial charge in [-0.1, -0.05) is 0 Å². The zero-order valence-corrected chi connectivity index (χ0v) is 7.89. The second-order valence-electron chi connectivity index (χ2n) is 3.41. The minimum atomic E-state index is -1.27. The van der Waals surface area contributed by atoms with Gasteiger partial charge < -0.3 is 9.84 Å². The Labute approximate surface area is 84.4 Å². The smallest absolute Gasteiger partial charge is 0.316 e. The summed E-state index contributed by atoms with van der Waals surface area (Å²) in [6, 6.07) is 2.11. The highest BCUT2D eigenvalue weighted by atomic mass is 16.5. The SMILES string of the molecule is [2H][C@]1(O)CC[C@H](Oc2ncccn2)CC1.